The number of rotatable bonds is 7. The smallest absolute Gasteiger partial charge is 0.243 e. The quantitative estimate of drug-likeness (QED) is 0.754. The Morgan fingerprint density at radius 2 is 1.93 bits per heavy atom. The average molecular weight is 397 g/mol. The Morgan fingerprint density at radius 3 is 2.66 bits per heavy atom. The molecule has 1 heterocycles. The summed E-state index contributed by atoms with van der Waals surface area (Å²) in [5, 5.41) is 2.93. The number of carbonyl (C=O) groups excluding carboxylic acids is 2. The Hall–Kier alpha value is -2.73. The van der Waals surface area contributed by atoms with E-state index in [-0.39, 0.29) is 30.5 Å². The Morgan fingerprint density at radius 1 is 1.21 bits per heavy atom. The predicted molar refractivity (Wildman–Crippen MR) is 110 cm³/mol. The zero-order valence-corrected chi connectivity index (χ0v) is 16.7. The summed E-state index contributed by atoms with van der Waals surface area (Å²) in [7, 11) is 0. The molecule has 1 aliphatic heterocycles. The van der Waals surface area contributed by atoms with E-state index in [1.54, 1.807) is 23.1 Å². The number of amides is 2. The van der Waals surface area contributed by atoms with Gasteiger partial charge < -0.3 is 16.0 Å². The molecule has 2 amide bonds. The van der Waals surface area contributed by atoms with E-state index in [1.165, 1.54) is 11.6 Å². The standard InChI is InChI=1S/C23H28FN3O2/c1-16-8-10-17(11-9-16)15-26-23(29)21-7-4-12-27(21)22(28)14-19(25)13-18-5-2-3-6-20(18)24/h2-3,5-6,8-11,19,21H,4,7,12-15,25H2,1H3,(H,26,29)/t19-,21+/m1/s1. The molecule has 6 heteroatoms. The fourth-order valence-corrected chi connectivity index (χ4v) is 3.71. The van der Waals surface area contributed by atoms with E-state index < -0.39 is 12.1 Å². The minimum atomic E-state index is -0.490. The first-order valence-electron chi connectivity index (χ1n) is 10.1. The first-order valence-corrected chi connectivity index (χ1v) is 10.1. The van der Waals surface area contributed by atoms with Gasteiger partial charge in [0.05, 0.1) is 0 Å². The van der Waals surface area contributed by atoms with Gasteiger partial charge >= 0.3 is 0 Å². The molecule has 5 nitrogen and oxygen atoms in total. The molecule has 3 N–H and O–H groups in total. The molecule has 0 spiro atoms. The van der Waals surface area contributed by atoms with Crippen molar-refractivity contribution in [3.8, 4) is 0 Å². The zero-order valence-electron chi connectivity index (χ0n) is 16.7. The number of hydrogen-bond acceptors (Lipinski definition) is 3. The Balaban J connectivity index is 1.53. The van der Waals surface area contributed by atoms with E-state index in [9.17, 15) is 14.0 Å². The maximum absolute atomic E-state index is 13.8. The maximum Gasteiger partial charge on any atom is 0.243 e. The summed E-state index contributed by atoms with van der Waals surface area (Å²) in [6, 6.07) is 13.5. The molecule has 1 fully saturated rings. The van der Waals surface area contributed by atoms with Crippen molar-refractivity contribution in [2.24, 2.45) is 5.73 Å². The van der Waals surface area contributed by atoms with Gasteiger partial charge in [0.1, 0.15) is 11.9 Å². The third kappa shape index (κ3) is 5.64. The van der Waals surface area contributed by atoms with E-state index in [0.29, 0.717) is 25.1 Å². The lowest BCUT2D eigenvalue weighted by Crippen LogP contribution is -2.47. The highest BCUT2D eigenvalue weighted by atomic mass is 19.1. The van der Waals surface area contributed by atoms with E-state index in [4.69, 9.17) is 5.73 Å². The second-order valence-electron chi connectivity index (χ2n) is 7.71. The largest absolute Gasteiger partial charge is 0.350 e. The van der Waals surface area contributed by atoms with E-state index in [2.05, 4.69) is 5.32 Å². The topological polar surface area (TPSA) is 75.4 Å². The molecule has 1 aliphatic rings. The van der Waals surface area contributed by atoms with Crippen molar-refractivity contribution in [1.82, 2.24) is 10.2 Å². The Kier molecular flexibility index (Phi) is 6.99. The van der Waals surface area contributed by atoms with Gasteiger partial charge in [-0.2, -0.15) is 0 Å². The molecule has 154 valence electrons. The third-order valence-electron chi connectivity index (χ3n) is 5.34. The summed E-state index contributed by atoms with van der Waals surface area (Å²) in [4.78, 5) is 27.0. The number of carbonyl (C=O) groups is 2. The van der Waals surface area contributed by atoms with Gasteiger partial charge in [-0.25, -0.2) is 4.39 Å². The van der Waals surface area contributed by atoms with Gasteiger partial charge in [-0.1, -0.05) is 48.0 Å². The lowest BCUT2D eigenvalue weighted by atomic mass is 10.0. The van der Waals surface area contributed by atoms with Crippen LogP contribution in [-0.4, -0.2) is 35.3 Å². The van der Waals surface area contributed by atoms with Crippen molar-refractivity contribution in [3.05, 3.63) is 71.0 Å². The molecule has 29 heavy (non-hydrogen) atoms. The number of nitrogens with zero attached hydrogens (tertiary/aromatic N) is 1. The van der Waals surface area contributed by atoms with E-state index in [0.717, 1.165) is 12.0 Å². The van der Waals surface area contributed by atoms with Crippen LogP contribution in [0.1, 0.15) is 36.0 Å². The summed E-state index contributed by atoms with van der Waals surface area (Å²) < 4.78 is 13.8. The van der Waals surface area contributed by atoms with Crippen LogP contribution in [-0.2, 0) is 22.6 Å². The van der Waals surface area contributed by atoms with Gasteiger partial charge in [0.2, 0.25) is 11.8 Å². The molecule has 2 atom stereocenters. The second kappa shape index (κ2) is 9.65. The molecular weight excluding hydrogens is 369 g/mol. The molecule has 0 aliphatic carbocycles. The molecule has 3 rings (SSSR count). The van der Waals surface area contributed by atoms with Crippen molar-refractivity contribution in [2.45, 2.75) is 51.2 Å². The second-order valence-corrected chi connectivity index (χ2v) is 7.71. The monoisotopic (exact) mass is 397 g/mol. The summed E-state index contributed by atoms with van der Waals surface area (Å²) in [5.74, 6) is -0.606. The summed E-state index contributed by atoms with van der Waals surface area (Å²) in [6.45, 7) is 3.00. The molecule has 1 saturated heterocycles. The van der Waals surface area contributed by atoms with Crippen LogP contribution in [0.2, 0.25) is 0 Å². The summed E-state index contributed by atoms with van der Waals surface area (Å²) >= 11 is 0. The number of benzene rings is 2. The number of likely N-dealkylation sites (tertiary alicyclic amines) is 1. The number of aryl methyl sites for hydroxylation is 1. The minimum Gasteiger partial charge on any atom is -0.350 e. The fraction of sp³-hybridized carbons (Fsp3) is 0.391. The lowest BCUT2D eigenvalue weighted by Gasteiger charge is -2.25. The van der Waals surface area contributed by atoms with Crippen molar-refractivity contribution in [3.63, 3.8) is 0 Å². The van der Waals surface area contributed by atoms with E-state index >= 15 is 0 Å². The van der Waals surface area contributed by atoms with Crippen LogP contribution in [0, 0.1) is 12.7 Å². The van der Waals surface area contributed by atoms with E-state index in [1.807, 2.05) is 31.2 Å². The molecule has 0 saturated carbocycles. The van der Waals surface area contributed by atoms with Gasteiger partial charge in [0.25, 0.3) is 0 Å². The van der Waals surface area contributed by atoms with Gasteiger partial charge in [-0.15, -0.1) is 0 Å². The first-order chi connectivity index (χ1) is 13.9. The van der Waals surface area contributed by atoms with Crippen molar-refractivity contribution in [1.29, 1.82) is 0 Å². The van der Waals surface area contributed by atoms with Crippen LogP contribution >= 0.6 is 0 Å². The van der Waals surface area contributed by atoms with Crippen LogP contribution in [0.15, 0.2) is 48.5 Å². The van der Waals surface area contributed by atoms with Gasteiger partial charge in [-0.05, 0) is 43.4 Å². The number of nitrogens with two attached hydrogens (primary N) is 1. The van der Waals surface area contributed by atoms with Crippen LogP contribution < -0.4 is 11.1 Å². The lowest BCUT2D eigenvalue weighted by molar-refractivity contribution is -0.138. The Bertz CT molecular complexity index is 853. The van der Waals surface area contributed by atoms with Crippen LogP contribution in [0.4, 0.5) is 4.39 Å². The molecule has 0 radical (unpaired) electrons. The van der Waals surface area contributed by atoms with Gasteiger partial charge in [0.15, 0.2) is 0 Å². The first kappa shape index (κ1) is 21.0. The highest BCUT2D eigenvalue weighted by Crippen LogP contribution is 2.20. The highest BCUT2D eigenvalue weighted by Gasteiger charge is 2.34. The molecule has 2 aromatic rings. The van der Waals surface area contributed by atoms with Crippen molar-refractivity contribution < 1.29 is 14.0 Å². The normalized spacial score (nSPS) is 17.2. The van der Waals surface area contributed by atoms with Crippen molar-refractivity contribution in [2.75, 3.05) is 6.54 Å². The highest BCUT2D eigenvalue weighted by molar-refractivity contribution is 5.88. The molecular formula is C23H28FN3O2. The van der Waals surface area contributed by atoms with Crippen molar-refractivity contribution >= 4 is 11.8 Å². The average Bonchev–Trinajstić information content (AvgIpc) is 3.19. The van der Waals surface area contributed by atoms with Crippen LogP contribution in [0.5, 0.6) is 0 Å². The summed E-state index contributed by atoms with van der Waals surface area (Å²) in [5.41, 5.74) is 8.78. The number of nitrogens with one attached hydrogen (secondary N) is 1. The molecule has 0 aromatic heterocycles. The van der Waals surface area contributed by atoms with Gasteiger partial charge in [-0.3, -0.25) is 9.59 Å². The zero-order chi connectivity index (χ0) is 20.8. The van der Waals surface area contributed by atoms with Crippen LogP contribution in [0.3, 0.4) is 0 Å². The number of hydrogen-bond donors (Lipinski definition) is 2. The molecule has 0 bridgehead atoms. The fourth-order valence-electron chi connectivity index (χ4n) is 3.71. The predicted octanol–water partition coefficient (Wildman–Crippen LogP) is 2.70. The number of halogens is 1. The minimum absolute atomic E-state index is 0.0933. The van der Waals surface area contributed by atoms with Crippen LogP contribution in [0.25, 0.3) is 0 Å². The maximum atomic E-state index is 13.8. The Labute approximate surface area is 171 Å². The van der Waals surface area contributed by atoms with Gasteiger partial charge in [0, 0.05) is 25.6 Å². The summed E-state index contributed by atoms with van der Waals surface area (Å²) in [6.07, 6.45) is 1.82. The molecule has 2 aromatic carbocycles. The SMILES string of the molecule is Cc1ccc(CNC(=O)[C@@H]2CCCN2C(=O)C[C@H](N)Cc2ccccc2F)cc1. The third-order valence-corrected chi connectivity index (χ3v) is 5.34. The molecule has 0 unspecified atom stereocenters.